The summed E-state index contributed by atoms with van der Waals surface area (Å²) < 4.78 is 30.1. The normalized spacial score (nSPS) is 20.8. The van der Waals surface area contributed by atoms with Crippen molar-refractivity contribution in [3.05, 3.63) is 66.6 Å². The molecule has 0 aliphatic heterocycles. The largest absolute Gasteiger partial charge is 0.275 e. The van der Waals surface area contributed by atoms with Crippen molar-refractivity contribution in [2.45, 2.75) is 50.8 Å². The van der Waals surface area contributed by atoms with Gasteiger partial charge >= 0.3 is 0 Å². The average molecular weight is 463 g/mol. The molecule has 0 amide bonds. The third-order valence-electron chi connectivity index (χ3n) is 6.78. The second kappa shape index (κ2) is 7.83. The van der Waals surface area contributed by atoms with Crippen LogP contribution in [0.1, 0.15) is 51.5 Å². The van der Waals surface area contributed by atoms with Crippen LogP contribution < -0.4 is 0 Å². The van der Waals surface area contributed by atoms with E-state index in [0.29, 0.717) is 17.5 Å². The predicted molar refractivity (Wildman–Crippen MR) is 130 cm³/mol. The van der Waals surface area contributed by atoms with Gasteiger partial charge in [0.2, 0.25) is 0 Å². The molecule has 0 radical (unpaired) electrons. The first-order chi connectivity index (χ1) is 15.6. The molecule has 4 aromatic rings. The Morgan fingerprint density at radius 3 is 2.52 bits per heavy atom. The van der Waals surface area contributed by atoms with Crippen LogP contribution >= 0.6 is 0 Å². The molecule has 0 spiro atoms. The van der Waals surface area contributed by atoms with E-state index in [-0.39, 0.29) is 10.3 Å². The molecule has 1 aliphatic carbocycles. The second-order valence-corrected chi connectivity index (χ2v) is 12.1. The van der Waals surface area contributed by atoms with E-state index in [1.807, 2.05) is 31.6 Å². The fourth-order valence-corrected chi connectivity index (χ4v) is 6.92. The summed E-state index contributed by atoms with van der Waals surface area (Å²) in [6, 6.07) is 12.5. The van der Waals surface area contributed by atoms with E-state index >= 15 is 0 Å². The summed E-state index contributed by atoms with van der Waals surface area (Å²) in [5.74, 6) is 1.05. The molecule has 0 N–H and O–H groups in total. The van der Waals surface area contributed by atoms with Gasteiger partial charge in [-0.2, -0.15) is 5.10 Å². The third-order valence-corrected chi connectivity index (χ3v) is 8.45. The highest BCUT2D eigenvalue weighted by Gasteiger charge is 2.33. The Balaban J connectivity index is 1.69. The van der Waals surface area contributed by atoms with Gasteiger partial charge < -0.3 is 0 Å². The quantitative estimate of drug-likeness (QED) is 0.396. The molecule has 3 heterocycles. The number of aryl methyl sites for hydroxylation is 1. The van der Waals surface area contributed by atoms with E-state index < -0.39 is 10.0 Å². The zero-order chi connectivity index (χ0) is 23.4. The molecule has 1 aliphatic rings. The molecule has 3 aromatic heterocycles. The van der Waals surface area contributed by atoms with Gasteiger partial charge in [0.05, 0.1) is 10.6 Å². The zero-order valence-corrected chi connectivity index (χ0v) is 20.4. The van der Waals surface area contributed by atoms with Gasteiger partial charge in [0.1, 0.15) is 0 Å². The monoisotopic (exact) mass is 462 g/mol. The minimum atomic E-state index is -3.79. The van der Waals surface area contributed by atoms with Gasteiger partial charge in [-0.15, -0.1) is 0 Å². The summed E-state index contributed by atoms with van der Waals surface area (Å²) in [4.78, 5) is 4.96. The van der Waals surface area contributed by atoms with Crippen LogP contribution in [0.2, 0.25) is 0 Å². The van der Waals surface area contributed by atoms with E-state index in [9.17, 15) is 8.42 Å². The van der Waals surface area contributed by atoms with E-state index in [0.717, 1.165) is 29.5 Å². The van der Waals surface area contributed by atoms with Crippen LogP contribution in [0.4, 0.5) is 0 Å². The number of nitrogens with zero attached hydrogens (tertiary/aromatic N) is 4. The van der Waals surface area contributed by atoms with Crippen molar-refractivity contribution in [3.8, 4) is 11.3 Å². The molecular formula is C26H30N4O2S. The van der Waals surface area contributed by atoms with E-state index in [1.165, 1.54) is 16.0 Å². The topological polar surface area (TPSA) is 69.8 Å². The summed E-state index contributed by atoms with van der Waals surface area (Å²) in [7, 11) is -1.93. The van der Waals surface area contributed by atoms with Gasteiger partial charge in [-0.05, 0) is 66.3 Å². The lowest BCUT2D eigenvalue weighted by atomic mass is 9.66. The Morgan fingerprint density at radius 2 is 1.85 bits per heavy atom. The molecular weight excluding hydrogens is 432 g/mol. The Bertz CT molecular complexity index is 1420. The number of hydrogen-bond donors (Lipinski definition) is 0. The number of benzene rings is 1. The molecule has 6 nitrogen and oxygen atoms in total. The molecule has 172 valence electrons. The van der Waals surface area contributed by atoms with Crippen LogP contribution in [-0.4, -0.2) is 27.2 Å². The maximum Gasteiger partial charge on any atom is 0.269 e. The highest BCUT2D eigenvalue weighted by Crippen LogP contribution is 2.46. The summed E-state index contributed by atoms with van der Waals surface area (Å²) in [6.45, 7) is 7.00. The highest BCUT2D eigenvalue weighted by molar-refractivity contribution is 7.90. The first-order valence-electron chi connectivity index (χ1n) is 11.5. The Hall–Kier alpha value is -2.93. The summed E-state index contributed by atoms with van der Waals surface area (Å²) in [5.41, 5.74) is 3.41. The summed E-state index contributed by atoms with van der Waals surface area (Å²) in [6.07, 6.45) is 8.86. The van der Waals surface area contributed by atoms with Crippen LogP contribution in [0, 0.1) is 11.3 Å². The fraction of sp³-hybridized carbons (Fsp3) is 0.385. The SMILES string of the molecule is CC1CC(c2cnc3c(c2)c(-c2ccn(C)n2)cn3S(=O)(=O)c2ccccc2)CC(C)(C)C1. The maximum atomic E-state index is 13.5. The first kappa shape index (κ1) is 21.9. The standard InChI is InChI=1S/C26H30N4O2S/c1-18-12-19(15-26(2,3)14-18)20-13-22-23(24-10-11-29(4)28-24)17-30(25(22)27-16-20)33(31,32)21-8-6-5-7-9-21/h5-11,13,16-19H,12,14-15H2,1-4H3. The summed E-state index contributed by atoms with van der Waals surface area (Å²) >= 11 is 0. The van der Waals surface area contributed by atoms with Crippen LogP contribution in [0.5, 0.6) is 0 Å². The molecule has 1 aromatic carbocycles. The molecule has 5 rings (SSSR count). The van der Waals surface area contributed by atoms with Crippen molar-refractivity contribution in [1.29, 1.82) is 0 Å². The number of hydrogen-bond acceptors (Lipinski definition) is 4. The molecule has 33 heavy (non-hydrogen) atoms. The molecule has 1 fully saturated rings. The molecule has 1 saturated carbocycles. The molecule has 0 saturated heterocycles. The van der Waals surface area contributed by atoms with Crippen LogP contribution in [-0.2, 0) is 17.1 Å². The lowest BCUT2D eigenvalue weighted by Crippen LogP contribution is -2.26. The predicted octanol–water partition coefficient (Wildman–Crippen LogP) is 5.60. The highest BCUT2D eigenvalue weighted by atomic mass is 32.2. The van der Waals surface area contributed by atoms with E-state index in [4.69, 9.17) is 4.98 Å². The first-order valence-corrected chi connectivity index (χ1v) is 12.9. The van der Waals surface area contributed by atoms with Crippen molar-refractivity contribution in [1.82, 2.24) is 18.7 Å². The minimum absolute atomic E-state index is 0.239. The number of pyridine rings is 1. The fourth-order valence-electron chi connectivity index (χ4n) is 5.57. The van der Waals surface area contributed by atoms with Crippen molar-refractivity contribution in [2.24, 2.45) is 18.4 Å². The second-order valence-electron chi connectivity index (χ2n) is 10.3. The zero-order valence-electron chi connectivity index (χ0n) is 19.6. The number of fused-ring (bicyclic) bond motifs is 1. The van der Waals surface area contributed by atoms with Crippen molar-refractivity contribution in [3.63, 3.8) is 0 Å². The Morgan fingerprint density at radius 1 is 1.09 bits per heavy atom. The average Bonchev–Trinajstić information content (AvgIpc) is 3.36. The number of rotatable bonds is 4. The Labute approximate surface area is 195 Å². The third kappa shape index (κ3) is 3.99. The van der Waals surface area contributed by atoms with Crippen molar-refractivity contribution in [2.75, 3.05) is 0 Å². The van der Waals surface area contributed by atoms with E-state index in [1.54, 1.807) is 35.1 Å². The molecule has 7 heteroatoms. The van der Waals surface area contributed by atoms with Gasteiger partial charge in [-0.1, -0.05) is 39.0 Å². The maximum absolute atomic E-state index is 13.5. The minimum Gasteiger partial charge on any atom is -0.275 e. The molecule has 2 atom stereocenters. The lowest BCUT2D eigenvalue weighted by molar-refractivity contribution is 0.168. The number of aromatic nitrogens is 4. The smallest absolute Gasteiger partial charge is 0.269 e. The van der Waals surface area contributed by atoms with Crippen LogP contribution in [0.3, 0.4) is 0 Å². The van der Waals surface area contributed by atoms with Gasteiger partial charge in [-0.3, -0.25) is 4.68 Å². The van der Waals surface area contributed by atoms with Gasteiger partial charge in [-0.25, -0.2) is 17.4 Å². The Kier molecular flexibility index (Phi) is 5.20. The van der Waals surface area contributed by atoms with Gasteiger partial charge in [0.15, 0.2) is 5.65 Å². The molecule has 2 unspecified atom stereocenters. The van der Waals surface area contributed by atoms with E-state index in [2.05, 4.69) is 31.9 Å². The van der Waals surface area contributed by atoms with Crippen molar-refractivity contribution < 1.29 is 8.42 Å². The van der Waals surface area contributed by atoms with Gasteiger partial charge in [0, 0.05) is 36.6 Å². The lowest BCUT2D eigenvalue weighted by Gasteiger charge is -2.39. The van der Waals surface area contributed by atoms with Crippen molar-refractivity contribution >= 4 is 21.1 Å². The molecule has 0 bridgehead atoms. The van der Waals surface area contributed by atoms with Crippen LogP contribution in [0.25, 0.3) is 22.3 Å². The summed E-state index contributed by atoms with van der Waals surface area (Å²) in [5, 5.41) is 5.38. The van der Waals surface area contributed by atoms with Gasteiger partial charge in [0.25, 0.3) is 10.0 Å². The van der Waals surface area contributed by atoms with Crippen LogP contribution in [0.15, 0.2) is 66.0 Å².